The Bertz CT molecular complexity index is 363. The molecule has 0 heterocycles. The maximum atomic E-state index is 11.5. The smallest absolute Gasteiger partial charge is 0.411 e. The molecule has 0 saturated heterocycles. The van der Waals surface area contributed by atoms with E-state index in [-0.39, 0.29) is 6.09 Å². The molecule has 0 radical (unpaired) electrons. The molecule has 0 aliphatic carbocycles. The number of carbonyl (C=O) groups is 1. The SMILES string of the molecule is CCCCCCCOC(=O)Nc1ccccc1C. The van der Waals surface area contributed by atoms with E-state index in [2.05, 4.69) is 12.2 Å². The lowest BCUT2D eigenvalue weighted by molar-refractivity contribution is 0.159. The fourth-order valence-corrected chi connectivity index (χ4v) is 1.73. The molecule has 18 heavy (non-hydrogen) atoms. The maximum absolute atomic E-state index is 11.5. The number of carbonyl (C=O) groups excluding carboxylic acids is 1. The van der Waals surface area contributed by atoms with Gasteiger partial charge < -0.3 is 4.74 Å². The van der Waals surface area contributed by atoms with E-state index in [1.165, 1.54) is 19.3 Å². The molecule has 0 bridgehead atoms. The minimum absolute atomic E-state index is 0.361. The van der Waals surface area contributed by atoms with Crippen molar-refractivity contribution in [3.8, 4) is 0 Å². The highest BCUT2D eigenvalue weighted by Gasteiger charge is 2.04. The van der Waals surface area contributed by atoms with Crippen LogP contribution in [0.1, 0.15) is 44.6 Å². The minimum Gasteiger partial charge on any atom is -0.449 e. The fraction of sp³-hybridized carbons (Fsp3) is 0.533. The summed E-state index contributed by atoms with van der Waals surface area (Å²) in [5.41, 5.74) is 1.85. The van der Waals surface area contributed by atoms with Gasteiger partial charge in [0.15, 0.2) is 0 Å². The van der Waals surface area contributed by atoms with E-state index in [1.807, 2.05) is 31.2 Å². The molecule has 3 heteroatoms. The van der Waals surface area contributed by atoms with Crippen LogP contribution in [0.3, 0.4) is 0 Å². The molecular weight excluding hydrogens is 226 g/mol. The highest BCUT2D eigenvalue weighted by Crippen LogP contribution is 2.13. The van der Waals surface area contributed by atoms with Gasteiger partial charge in [-0.25, -0.2) is 4.79 Å². The topological polar surface area (TPSA) is 38.3 Å². The predicted molar refractivity (Wildman–Crippen MR) is 74.9 cm³/mol. The summed E-state index contributed by atoms with van der Waals surface area (Å²) in [4.78, 5) is 11.5. The van der Waals surface area contributed by atoms with Crippen LogP contribution >= 0.6 is 0 Å². The van der Waals surface area contributed by atoms with E-state index in [9.17, 15) is 4.79 Å². The van der Waals surface area contributed by atoms with Gasteiger partial charge in [-0.1, -0.05) is 50.8 Å². The molecule has 0 aliphatic heterocycles. The Hall–Kier alpha value is -1.51. The Morgan fingerprint density at radius 2 is 1.89 bits per heavy atom. The predicted octanol–water partition coefficient (Wildman–Crippen LogP) is 4.51. The van der Waals surface area contributed by atoms with Crippen molar-refractivity contribution in [2.45, 2.75) is 46.0 Å². The van der Waals surface area contributed by atoms with Crippen LogP contribution < -0.4 is 5.32 Å². The molecule has 0 aliphatic rings. The van der Waals surface area contributed by atoms with Crippen LogP contribution in [0.25, 0.3) is 0 Å². The van der Waals surface area contributed by atoms with Crippen molar-refractivity contribution in [3.63, 3.8) is 0 Å². The van der Waals surface area contributed by atoms with E-state index >= 15 is 0 Å². The van der Waals surface area contributed by atoms with Crippen LogP contribution in [0.2, 0.25) is 0 Å². The van der Waals surface area contributed by atoms with Gasteiger partial charge >= 0.3 is 6.09 Å². The molecule has 100 valence electrons. The third-order valence-corrected chi connectivity index (χ3v) is 2.86. The summed E-state index contributed by atoms with van der Waals surface area (Å²) in [6.07, 6.45) is 5.43. The summed E-state index contributed by atoms with van der Waals surface area (Å²) < 4.78 is 5.13. The fourth-order valence-electron chi connectivity index (χ4n) is 1.73. The molecule has 0 atom stereocenters. The van der Waals surface area contributed by atoms with Gasteiger partial charge in [0.1, 0.15) is 0 Å². The third-order valence-electron chi connectivity index (χ3n) is 2.86. The number of para-hydroxylation sites is 1. The van der Waals surface area contributed by atoms with Crippen LogP contribution in [0, 0.1) is 6.92 Å². The Morgan fingerprint density at radius 1 is 1.17 bits per heavy atom. The average Bonchev–Trinajstić information content (AvgIpc) is 2.36. The lowest BCUT2D eigenvalue weighted by Gasteiger charge is -2.08. The van der Waals surface area contributed by atoms with E-state index in [0.717, 1.165) is 24.1 Å². The van der Waals surface area contributed by atoms with E-state index in [4.69, 9.17) is 4.74 Å². The molecule has 0 aromatic heterocycles. The number of amides is 1. The van der Waals surface area contributed by atoms with E-state index in [0.29, 0.717) is 6.61 Å². The quantitative estimate of drug-likeness (QED) is 0.722. The number of anilines is 1. The summed E-state index contributed by atoms with van der Waals surface area (Å²) in [6.45, 7) is 4.65. The molecule has 3 nitrogen and oxygen atoms in total. The standard InChI is InChI=1S/C15H23NO2/c1-3-4-5-6-9-12-18-15(17)16-14-11-8-7-10-13(14)2/h7-8,10-11H,3-6,9,12H2,1-2H3,(H,16,17). The molecule has 1 rings (SSSR count). The summed E-state index contributed by atoms with van der Waals surface area (Å²) in [7, 11) is 0. The van der Waals surface area contributed by atoms with Gasteiger partial charge in [-0.2, -0.15) is 0 Å². The highest BCUT2D eigenvalue weighted by atomic mass is 16.5. The largest absolute Gasteiger partial charge is 0.449 e. The van der Waals surface area contributed by atoms with Crippen molar-refractivity contribution in [3.05, 3.63) is 29.8 Å². The summed E-state index contributed by atoms with van der Waals surface area (Å²) >= 11 is 0. The van der Waals surface area contributed by atoms with Crippen molar-refractivity contribution in [1.29, 1.82) is 0 Å². The van der Waals surface area contributed by atoms with Gasteiger partial charge in [0.25, 0.3) is 0 Å². The lowest BCUT2D eigenvalue weighted by Crippen LogP contribution is -2.15. The number of aryl methyl sites for hydroxylation is 1. The molecule has 1 amide bonds. The van der Waals surface area contributed by atoms with Crippen molar-refractivity contribution < 1.29 is 9.53 Å². The van der Waals surface area contributed by atoms with Crippen LogP contribution in [0.5, 0.6) is 0 Å². The molecule has 0 fully saturated rings. The molecule has 1 aromatic rings. The highest BCUT2D eigenvalue weighted by molar-refractivity contribution is 5.85. The second-order valence-corrected chi connectivity index (χ2v) is 4.49. The number of unbranched alkanes of at least 4 members (excludes halogenated alkanes) is 4. The first-order valence-electron chi connectivity index (χ1n) is 6.73. The van der Waals surface area contributed by atoms with Gasteiger partial charge in [-0.15, -0.1) is 0 Å². The van der Waals surface area contributed by atoms with E-state index < -0.39 is 0 Å². The summed E-state index contributed by atoms with van der Waals surface area (Å²) in [6, 6.07) is 7.67. The Morgan fingerprint density at radius 3 is 2.61 bits per heavy atom. The second kappa shape index (κ2) is 8.56. The second-order valence-electron chi connectivity index (χ2n) is 4.49. The Labute approximate surface area is 110 Å². The van der Waals surface area contributed by atoms with Gasteiger partial charge in [-0.3, -0.25) is 5.32 Å². The number of nitrogens with one attached hydrogen (secondary N) is 1. The molecule has 0 unspecified atom stereocenters. The van der Waals surface area contributed by atoms with Crippen molar-refractivity contribution in [1.82, 2.24) is 0 Å². The van der Waals surface area contributed by atoms with Crippen LogP contribution in [0.15, 0.2) is 24.3 Å². The molecule has 0 saturated carbocycles. The number of benzene rings is 1. The minimum atomic E-state index is -0.361. The number of ether oxygens (including phenoxy) is 1. The molecule has 0 spiro atoms. The normalized spacial score (nSPS) is 10.1. The van der Waals surface area contributed by atoms with Crippen LogP contribution in [0.4, 0.5) is 10.5 Å². The molecule has 1 N–H and O–H groups in total. The van der Waals surface area contributed by atoms with Crippen molar-refractivity contribution >= 4 is 11.8 Å². The molecular formula is C15H23NO2. The maximum Gasteiger partial charge on any atom is 0.411 e. The van der Waals surface area contributed by atoms with E-state index in [1.54, 1.807) is 0 Å². The van der Waals surface area contributed by atoms with Crippen molar-refractivity contribution in [2.75, 3.05) is 11.9 Å². The number of hydrogen-bond acceptors (Lipinski definition) is 2. The number of rotatable bonds is 7. The van der Waals surface area contributed by atoms with Gasteiger partial charge in [0.2, 0.25) is 0 Å². The van der Waals surface area contributed by atoms with Gasteiger partial charge in [-0.05, 0) is 25.0 Å². The Kier molecular flexibility index (Phi) is 6.92. The summed E-state index contributed by atoms with van der Waals surface area (Å²) in [5.74, 6) is 0. The zero-order valence-electron chi connectivity index (χ0n) is 11.4. The molecule has 1 aromatic carbocycles. The first-order valence-corrected chi connectivity index (χ1v) is 6.73. The summed E-state index contributed by atoms with van der Waals surface area (Å²) in [5, 5.41) is 2.75. The zero-order chi connectivity index (χ0) is 13.2. The zero-order valence-corrected chi connectivity index (χ0v) is 11.4. The Balaban J connectivity index is 2.16. The lowest BCUT2D eigenvalue weighted by atomic mass is 10.2. The van der Waals surface area contributed by atoms with Crippen molar-refractivity contribution in [2.24, 2.45) is 0 Å². The van der Waals surface area contributed by atoms with Gasteiger partial charge in [0.05, 0.1) is 6.61 Å². The number of hydrogen-bond donors (Lipinski definition) is 1. The van der Waals surface area contributed by atoms with Gasteiger partial charge in [0, 0.05) is 5.69 Å². The first kappa shape index (κ1) is 14.6. The van der Waals surface area contributed by atoms with Crippen LogP contribution in [-0.2, 0) is 4.74 Å². The van der Waals surface area contributed by atoms with Crippen LogP contribution in [-0.4, -0.2) is 12.7 Å². The monoisotopic (exact) mass is 249 g/mol. The average molecular weight is 249 g/mol. The third kappa shape index (κ3) is 5.71. The first-order chi connectivity index (χ1) is 8.74.